The van der Waals surface area contributed by atoms with Crippen LogP contribution in [0.25, 0.3) is 0 Å². The molecule has 7 atom stereocenters. The number of carbonyl (C=O) groups is 1. The van der Waals surface area contributed by atoms with Gasteiger partial charge < -0.3 is 15.5 Å². The van der Waals surface area contributed by atoms with Gasteiger partial charge in [-0.15, -0.1) is 0 Å². The van der Waals surface area contributed by atoms with Crippen LogP contribution in [0, 0.1) is 39.9 Å². The molecule has 0 aliphatic heterocycles. The van der Waals surface area contributed by atoms with Crippen LogP contribution in [0.2, 0.25) is 0 Å². The molecule has 3 aliphatic rings. The molecule has 4 heteroatoms. The summed E-state index contributed by atoms with van der Waals surface area (Å²) in [5, 5.41) is 23.7. The fourth-order valence-electron chi connectivity index (χ4n) is 6.94. The van der Waals surface area contributed by atoms with Crippen LogP contribution in [-0.2, 0) is 4.79 Å². The van der Waals surface area contributed by atoms with Crippen molar-refractivity contribution in [2.75, 3.05) is 13.2 Å². The molecule has 3 rings (SSSR count). The van der Waals surface area contributed by atoms with E-state index in [0.29, 0.717) is 30.7 Å². The van der Waals surface area contributed by atoms with Crippen molar-refractivity contribution in [1.82, 2.24) is 5.32 Å². The van der Waals surface area contributed by atoms with Gasteiger partial charge in [-0.3, -0.25) is 4.79 Å². The van der Waals surface area contributed by atoms with Crippen LogP contribution in [0.1, 0.15) is 79.6 Å². The van der Waals surface area contributed by atoms with E-state index >= 15 is 0 Å². The van der Waals surface area contributed by atoms with Gasteiger partial charge in [0.05, 0.1) is 6.10 Å². The van der Waals surface area contributed by atoms with Gasteiger partial charge in [0.1, 0.15) is 0 Å². The van der Waals surface area contributed by atoms with Crippen LogP contribution in [0.5, 0.6) is 0 Å². The molecule has 3 saturated carbocycles. The highest BCUT2D eigenvalue weighted by atomic mass is 16.3. The van der Waals surface area contributed by atoms with Crippen molar-refractivity contribution in [2.45, 2.75) is 85.7 Å². The van der Waals surface area contributed by atoms with Crippen LogP contribution < -0.4 is 5.32 Å². The highest BCUT2D eigenvalue weighted by Crippen LogP contribution is 2.63. The Bertz CT molecular complexity index is 638. The van der Waals surface area contributed by atoms with Gasteiger partial charge in [0.2, 0.25) is 5.91 Å². The predicted molar refractivity (Wildman–Crippen MR) is 117 cm³/mol. The summed E-state index contributed by atoms with van der Waals surface area (Å²) in [4.78, 5) is 12.7. The molecule has 4 nitrogen and oxygen atoms in total. The first-order valence-corrected chi connectivity index (χ1v) is 11.7. The standard InChI is InChI=1S/C25H43NO3/c1-16-7-8-20-19(14-26-22(29)23(2,3)4)21(10-12-24(16,20)5)25(6)11-9-18(28)13-17(25)15-27/h17-21,27-28H,1,7-15H2,2-6H3,(H,26,29)/t17-,18+,19+,20+,21+,24-,25+/m1/s1. The van der Waals surface area contributed by atoms with Crippen molar-refractivity contribution in [1.29, 1.82) is 0 Å². The van der Waals surface area contributed by atoms with Gasteiger partial charge in [-0.2, -0.15) is 0 Å². The predicted octanol–water partition coefficient (Wildman–Crippen LogP) is 4.31. The molecular weight excluding hydrogens is 362 g/mol. The minimum Gasteiger partial charge on any atom is -0.396 e. The Labute approximate surface area is 177 Å². The van der Waals surface area contributed by atoms with Gasteiger partial charge in [-0.1, -0.05) is 46.8 Å². The summed E-state index contributed by atoms with van der Waals surface area (Å²) in [5.74, 6) is 1.64. The van der Waals surface area contributed by atoms with Crippen LogP contribution in [0.4, 0.5) is 0 Å². The Morgan fingerprint density at radius 3 is 2.48 bits per heavy atom. The third kappa shape index (κ3) is 4.04. The molecule has 3 N–H and O–H groups in total. The molecule has 0 aromatic carbocycles. The third-order valence-corrected chi connectivity index (χ3v) is 9.14. The molecule has 0 bridgehead atoms. The van der Waals surface area contributed by atoms with Crippen molar-refractivity contribution in [3.05, 3.63) is 12.2 Å². The third-order valence-electron chi connectivity index (χ3n) is 9.14. The Hall–Kier alpha value is -0.870. The van der Waals surface area contributed by atoms with Crippen LogP contribution in [0.3, 0.4) is 0 Å². The molecule has 0 unspecified atom stereocenters. The fraction of sp³-hybridized carbons (Fsp3) is 0.880. The molecule has 3 fully saturated rings. The van der Waals surface area contributed by atoms with Crippen molar-refractivity contribution >= 4 is 5.91 Å². The zero-order chi connectivity index (χ0) is 21.6. The smallest absolute Gasteiger partial charge is 0.225 e. The number of hydrogen-bond acceptors (Lipinski definition) is 3. The van der Waals surface area contributed by atoms with E-state index in [4.69, 9.17) is 0 Å². The fourth-order valence-corrected chi connectivity index (χ4v) is 6.94. The molecule has 1 amide bonds. The number of amides is 1. The maximum atomic E-state index is 12.7. The highest BCUT2D eigenvalue weighted by molar-refractivity contribution is 5.81. The van der Waals surface area contributed by atoms with Crippen molar-refractivity contribution in [3.8, 4) is 0 Å². The Morgan fingerprint density at radius 1 is 1.17 bits per heavy atom. The zero-order valence-electron chi connectivity index (χ0n) is 19.3. The molecule has 0 heterocycles. The van der Waals surface area contributed by atoms with Crippen LogP contribution >= 0.6 is 0 Å². The molecule has 29 heavy (non-hydrogen) atoms. The molecular formula is C25H43NO3. The molecule has 3 aliphatic carbocycles. The summed E-state index contributed by atoms with van der Waals surface area (Å²) in [5.41, 5.74) is 1.18. The van der Waals surface area contributed by atoms with E-state index in [0.717, 1.165) is 38.5 Å². The lowest BCUT2D eigenvalue weighted by atomic mass is 9.49. The minimum atomic E-state index is -0.390. The van der Waals surface area contributed by atoms with E-state index in [1.54, 1.807) is 0 Å². The molecule has 0 radical (unpaired) electrons. The second-order valence-corrected chi connectivity index (χ2v) is 11.7. The maximum absolute atomic E-state index is 12.7. The highest BCUT2D eigenvalue weighted by Gasteiger charge is 2.56. The van der Waals surface area contributed by atoms with Gasteiger partial charge in [0.15, 0.2) is 0 Å². The van der Waals surface area contributed by atoms with Gasteiger partial charge >= 0.3 is 0 Å². The molecule has 0 aromatic heterocycles. The summed E-state index contributed by atoms with van der Waals surface area (Å²) in [6.45, 7) is 15.9. The van der Waals surface area contributed by atoms with Gasteiger partial charge in [-0.05, 0) is 79.4 Å². The Balaban J connectivity index is 1.90. The average molecular weight is 406 g/mol. The minimum absolute atomic E-state index is 0.0103. The Kier molecular flexibility index (Phi) is 6.29. The van der Waals surface area contributed by atoms with E-state index in [9.17, 15) is 15.0 Å². The summed E-state index contributed by atoms with van der Waals surface area (Å²) in [7, 11) is 0. The quantitative estimate of drug-likeness (QED) is 0.611. The topological polar surface area (TPSA) is 69.6 Å². The van der Waals surface area contributed by atoms with E-state index in [1.807, 2.05) is 20.8 Å². The van der Waals surface area contributed by atoms with E-state index < -0.39 is 0 Å². The lowest BCUT2D eigenvalue weighted by molar-refractivity contribution is -0.130. The summed E-state index contributed by atoms with van der Waals surface area (Å²) < 4.78 is 0. The van der Waals surface area contributed by atoms with Crippen molar-refractivity contribution in [3.63, 3.8) is 0 Å². The Morgan fingerprint density at radius 2 is 1.86 bits per heavy atom. The molecule has 0 aromatic rings. The van der Waals surface area contributed by atoms with Gasteiger partial charge in [-0.25, -0.2) is 0 Å². The number of nitrogens with one attached hydrogen (secondary N) is 1. The number of aliphatic hydroxyl groups is 2. The maximum Gasteiger partial charge on any atom is 0.225 e. The zero-order valence-corrected chi connectivity index (χ0v) is 19.3. The lowest BCUT2D eigenvalue weighted by Gasteiger charge is -2.56. The first kappa shape index (κ1) is 22.8. The molecule has 0 saturated heterocycles. The van der Waals surface area contributed by atoms with Crippen molar-refractivity contribution < 1.29 is 15.0 Å². The van der Waals surface area contributed by atoms with Crippen LogP contribution in [0.15, 0.2) is 12.2 Å². The molecule has 0 spiro atoms. The number of allylic oxidation sites excluding steroid dienone is 1. The number of hydrogen-bond donors (Lipinski definition) is 3. The van der Waals surface area contributed by atoms with Crippen molar-refractivity contribution in [2.24, 2.45) is 39.9 Å². The molecule has 166 valence electrons. The normalized spacial score (nSPS) is 43.1. The van der Waals surface area contributed by atoms with Crippen LogP contribution in [-0.4, -0.2) is 35.4 Å². The second-order valence-electron chi connectivity index (χ2n) is 11.7. The first-order valence-electron chi connectivity index (χ1n) is 11.7. The van der Waals surface area contributed by atoms with Gasteiger partial charge in [0, 0.05) is 18.6 Å². The average Bonchev–Trinajstić information content (AvgIpc) is 2.95. The summed E-state index contributed by atoms with van der Waals surface area (Å²) >= 11 is 0. The van der Waals surface area contributed by atoms with E-state index in [2.05, 4.69) is 25.7 Å². The van der Waals surface area contributed by atoms with E-state index in [1.165, 1.54) is 5.57 Å². The first-order chi connectivity index (χ1) is 13.4. The number of aliphatic hydroxyl groups excluding tert-OH is 2. The lowest BCUT2D eigenvalue weighted by Crippen LogP contribution is -2.54. The number of carbonyl (C=O) groups excluding carboxylic acids is 1. The second kappa shape index (κ2) is 8.00. The summed E-state index contributed by atoms with van der Waals surface area (Å²) in [6, 6.07) is 0. The number of fused-ring (bicyclic) bond motifs is 1. The monoisotopic (exact) mass is 405 g/mol. The van der Waals surface area contributed by atoms with Gasteiger partial charge in [0.25, 0.3) is 0 Å². The van der Waals surface area contributed by atoms with E-state index in [-0.39, 0.29) is 40.8 Å². The SMILES string of the molecule is C=C1CC[C@H]2[C@H](CNC(=O)C(C)(C)C)[C@@H]([C@@]3(C)CC[C@H](O)C[C@@H]3CO)CC[C@]12C. The largest absolute Gasteiger partial charge is 0.396 e. The summed E-state index contributed by atoms with van der Waals surface area (Å²) in [6.07, 6.45) is 6.70. The number of rotatable bonds is 4.